The molecule has 4 heterocycles. The molecule has 3 aromatic heterocycles. The number of nitrogens with zero attached hydrogens (tertiary/aromatic N) is 4. The number of aryl methyl sites for hydroxylation is 2. The number of aromatic nitrogens is 3. The minimum absolute atomic E-state index is 0.0386. The summed E-state index contributed by atoms with van der Waals surface area (Å²) in [5.41, 5.74) is 3.20. The lowest BCUT2D eigenvalue weighted by molar-refractivity contribution is 0.0588. The zero-order valence-corrected chi connectivity index (χ0v) is 15.1. The highest BCUT2D eigenvalue weighted by Gasteiger charge is 2.27. The van der Waals surface area contributed by atoms with Gasteiger partial charge in [0.2, 0.25) is 0 Å². The van der Waals surface area contributed by atoms with E-state index in [1.54, 1.807) is 6.20 Å². The van der Waals surface area contributed by atoms with Crippen LogP contribution in [0.2, 0.25) is 0 Å². The quantitative estimate of drug-likeness (QED) is 0.728. The van der Waals surface area contributed by atoms with Crippen molar-refractivity contribution in [1.82, 2.24) is 19.3 Å². The van der Waals surface area contributed by atoms with Gasteiger partial charge in [-0.05, 0) is 38.1 Å². The first kappa shape index (κ1) is 16.6. The van der Waals surface area contributed by atoms with Crippen LogP contribution < -0.4 is 4.74 Å². The summed E-state index contributed by atoms with van der Waals surface area (Å²) < 4.78 is 7.88. The number of ether oxygens (including phenoxy) is 1. The highest BCUT2D eigenvalue weighted by atomic mass is 16.5. The van der Waals surface area contributed by atoms with Gasteiger partial charge in [0.15, 0.2) is 0 Å². The number of likely N-dealkylation sites (tertiary alicyclic amines) is 1. The minimum atomic E-state index is 0.0386. The molecule has 134 valence electrons. The van der Waals surface area contributed by atoms with Crippen LogP contribution >= 0.6 is 0 Å². The van der Waals surface area contributed by atoms with E-state index in [0.717, 1.165) is 35.6 Å². The second-order valence-corrected chi connectivity index (χ2v) is 6.72. The zero-order valence-electron chi connectivity index (χ0n) is 15.1. The lowest BCUT2D eigenvalue weighted by atomic mass is 10.1. The smallest absolute Gasteiger partial charge is 0.272 e. The van der Waals surface area contributed by atoms with E-state index in [-0.39, 0.29) is 12.0 Å². The monoisotopic (exact) mass is 350 g/mol. The molecule has 6 nitrogen and oxygen atoms in total. The predicted octanol–water partition coefficient (Wildman–Crippen LogP) is 3.03. The van der Waals surface area contributed by atoms with Gasteiger partial charge in [-0.3, -0.25) is 14.2 Å². The van der Waals surface area contributed by atoms with Crippen molar-refractivity contribution < 1.29 is 9.53 Å². The van der Waals surface area contributed by atoms with Crippen molar-refractivity contribution in [3.63, 3.8) is 0 Å². The first-order chi connectivity index (χ1) is 12.6. The maximum atomic E-state index is 13.0. The molecule has 0 saturated carbocycles. The number of hydrogen-bond donors (Lipinski definition) is 0. The van der Waals surface area contributed by atoms with Crippen LogP contribution in [0.1, 0.15) is 34.7 Å². The fraction of sp³-hybridized carbons (Fsp3) is 0.350. The number of amides is 1. The molecule has 3 aromatic rings. The number of hydrogen-bond acceptors (Lipinski definition) is 4. The second kappa shape index (κ2) is 6.78. The number of imidazole rings is 1. The summed E-state index contributed by atoms with van der Waals surface area (Å²) in [5, 5.41) is 0. The first-order valence-corrected chi connectivity index (χ1v) is 8.94. The largest absolute Gasteiger partial charge is 0.489 e. The number of piperidine rings is 1. The standard InChI is InChI=1S/C20H22N4O2/c1-14-6-7-17(13-21-14)26-16-8-11-23(12-9-16)20(25)19-15(2)22-18-5-3-4-10-24(18)19/h3-7,10,13,16H,8-9,11-12H2,1-2H3. The van der Waals surface area contributed by atoms with Crippen molar-refractivity contribution in [2.75, 3.05) is 13.1 Å². The average molecular weight is 350 g/mol. The van der Waals surface area contributed by atoms with Gasteiger partial charge in [-0.25, -0.2) is 4.98 Å². The number of carbonyl (C=O) groups is 1. The number of pyridine rings is 2. The van der Waals surface area contributed by atoms with Gasteiger partial charge in [-0.15, -0.1) is 0 Å². The van der Waals surface area contributed by atoms with Crippen molar-refractivity contribution in [1.29, 1.82) is 0 Å². The summed E-state index contributed by atoms with van der Waals surface area (Å²) in [6.45, 7) is 5.21. The number of rotatable bonds is 3. The Balaban J connectivity index is 1.43. The molecule has 1 amide bonds. The lowest BCUT2D eigenvalue weighted by Gasteiger charge is -2.32. The van der Waals surface area contributed by atoms with Crippen LogP contribution in [0.5, 0.6) is 5.75 Å². The molecule has 4 rings (SSSR count). The molecule has 0 radical (unpaired) electrons. The van der Waals surface area contributed by atoms with Crippen LogP contribution in [0.25, 0.3) is 5.65 Å². The van der Waals surface area contributed by atoms with E-state index < -0.39 is 0 Å². The third-order valence-corrected chi connectivity index (χ3v) is 4.82. The Morgan fingerprint density at radius 1 is 1.15 bits per heavy atom. The van der Waals surface area contributed by atoms with E-state index in [2.05, 4.69) is 9.97 Å². The lowest BCUT2D eigenvalue weighted by Crippen LogP contribution is -2.42. The summed E-state index contributed by atoms with van der Waals surface area (Å²) in [5.74, 6) is 0.828. The van der Waals surface area contributed by atoms with Crippen LogP contribution in [0.3, 0.4) is 0 Å². The fourth-order valence-corrected chi connectivity index (χ4v) is 3.41. The molecule has 6 heteroatoms. The summed E-state index contributed by atoms with van der Waals surface area (Å²) in [7, 11) is 0. The minimum Gasteiger partial charge on any atom is -0.489 e. The van der Waals surface area contributed by atoms with Crippen LogP contribution in [-0.4, -0.2) is 44.4 Å². The molecular weight excluding hydrogens is 328 g/mol. The normalized spacial score (nSPS) is 15.4. The highest BCUT2D eigenvalue weighted by molar-refractivity contribution is 5.94. The molecule has 0 bridgehead atoms. The average Bonchev–Trinajstić information content (AvgIpc) is 2.99. The third kappa shape index (κ3) is 3.14. The molecule has 0 aliphatic carbocycles. The van der Waals surface area contributed by atoms with Crippen molar-refractivity contribution in [2.45, 2.75) is 32.8 Å². The summed E-state index contributed by atoms with van der Waals surface area (Å²) in [4.78, 5) is 23.7. The SMILES string of the molecule is Cc1ccc(OC2CCN(C(=O)c3c(C)nc4ccccn34)CC2)cn1. The molecule has 26 heavy (non-hydrogen) atoms. The highest BCUT2D eigenvalue weighted by Crippen LogP contribution is 2.21. The Hall–Kier alpha value is -2.89. The molecule has 1 saturated heterocycles. The van der Waals surface area contributed by atoms with E-state index >= 15 is 0 Å². The summed E-state index contributed by atoms with van der Waals surface area (Å²) >= 11 is 0. The van der Waals surface area contributed by atoms with Gasteiger partial charge in [0, 0.05) is 37.8 Å². The fourth-order valence-electron chi connectivity index (χ4n) is 3.41. The Morgan fingerprint density at radius 3 is 2.69 bits per heavy atom. The molecule has 1 aliphatic rings. The Morgan fingerprint density at radius 2 is 1.96 bits per heavy atom. The van der Waals surface area contributed by atoms with Crippen molar-refractivity contribution in [3.8, 4) is 5.75 Å². The predicted molar refractivity (Wildman–Crippen MR) is 98.5 cm³/mol. The van der Waals surface area contributed by atoms with E-state index in [1.807, 2.05) is 59.7 Å². The van der Waals surface area contributed by atoms with Crippen molar-refractivity contribution in [2.24, 2.45) is 0 Å². The van der Waals surface area contributed by atoms with Crippen molar-refractivity contribution in [3.05, 3.63) is 59.8 Å². The van der Waals surface area contributed by atoms with Crippen molar-refractivity contribution >= 4 is 11.6 Å². The Kier molecular flexibility index (Phi) is 4.32. The van der Waals surface area contributed by atoms with Gasteiger partial charge in [0.25, 0.3) is 5.91 Å². The number of carbonyl (C=O) groups excluding carboxylic acids is 1. The molecule has 1 fully saturated rings. The van der Waals surface area contributed by atoms with Crippen LogP contribution in [0.15, 0.2) is 42.7 Å². The van der Waals surface area contributed by atoms with Crippen LogP contribution in [0.4, 0.5) is 0 Å². The molecule has 0 spiro atoms. The zero-order chi connectivity index (χ0) is 18.1. The molecule has 1 aliphatic heterocycles. The van der Waals surface area contributed by atoms with Crippen LogP contribution in [0, 0.1) is 13.8 Å². The van der Waals surface area contributed by atoms with Gasteiger partial charge in [-0.2, -0.15) is 0 Å². The van der Waals surface area contributed by atoms with E-state index in [9.17, 15) is 4.79 Å². The van der Waals surface area contributed by atoms with Crippen LogP contribution in [-0.2, 0) is 0 Å². The molecule has 0 N–H and O–H groups in total. The summed E-state index contributed by atoms with van der Waals surface area (Å²) in [6, 6.07) is 9.65. The second-order valence-electron chi connectivity index (χ2n) is 6.72. The van der Waals surface area contributed by atoms with E-state index in [4.69, 9.17) is 4.74 Å². The van der Waals surface area contributed by atoms with Gasteiger partial charge in [0.1, 0.15) is 23.2 Å². The third-order valence-electron chi connectivity index (χ3n) is 4.82. The van der Waals surface area contributed by atoms with Gasteiger partial charge in [-0.1, -0.05) is 6.07 Å². The van der Waals surface area contributed by atoms with Gasteiger partial charge >= 0.3 is 0 Å². The Labute approximate surface area is 152 Å². The molecule has 0 aromatic carbocycles. The van der Waals surface area contributed by atoms with E-state index in [1.165, 1.54) is 0 Å². The number of fused-ring (bicyclic) bond motifs is 1. The Bertz CT molecular complexity index is 925. The maximum absolute atomic E-state index is 13.0. The topological polar surface area (TPSA) is 59.7 Å². The van der Waals surface area contributed by atoms with E-state index in [0.29, 0.717) is 18.8 Å². The maximum Gasteiger partial charge on any atom is 0.272 e. The first-order valence-electron chi connectivity index (χ1n) is 8.94. The molecule has 0 unspecified atom stereocenters. The van der Waals surface area contributed by atoms with Gasteiger partial charge in [0.05, 0.1) is 11.9 Å². The molecular formula is C20H22N4O2. The van der Waals surface area contributed by atoms with Gasteiger partial charge < -0.3 is 9.64 Å². The summed E-state index contributed by atoms with van der Waals surface area (Å²) in [6.07, 6.45) is 5.40. The molecule has 0 atom stereocenters.